The maximum atomic E-state index is 12.8. The molecule has 1 heterocycles. The number of hydrogen-bond donors (Lipinski definition) is 0. The van der Waals surface area contributed by atoms with Gasteiger partial charge in [-0.1, -0.05) is 42.1 Å². The third-order valence-corrected chi connectivity index (χ3v) is 6.36. The van der Waals surface area contributed by atoms with Crippen LogP contribution in [0, 0.1) is 0 Å². The van der Waals surface area contributed by atoms with Gasteiger partial charge in [-0.05, 0) is 65.4 Å². The smallest absolute Gasteiger partial charge is 0.289 e. The molecule has 1 saturated heterocycles. The summed E-state index contributed by atoms with van der Waals surface area (Å²) in [5.74, 6) is 1.14. The number of carbonyl (C=O) groups is 2. The molecule has 2 amide bonds. The van der Waals surface area contributed by atoms with Crippen LogP contribution in [0.4, 0.5) is 4.79 Å². The van der Waals surface area contributed by atoms with Crippen molar-refractivity contribution >= 4 is 38.8 Å². The molecular formula is C22H24BrNO4S. The van der Waals surface area contributed by atoms with Gasteiger partial charge in [-0.3, -0.25) is 14.5 Å². The number of methoxy groups -OCH3 is 1. The van der Waals surface area contributed by atoms with E-state index in [4.69, 9.17) is 9.47 Å². The zero-order valence-electron chi connectivity index (χ0n) is 16.5. The number of carbonyl (C=O) groups excluding carboxylic acids is 2. The molecule has 1 atom stereocenters. The summed E-state index contributed by atoms with van der Waals surface area (Å²) in [6.07, 6.45) is 2.07. The molecule has 1 aliphatic heterocycles. The maximum absolute atomic E-state index is 12.8. The average Bonchev–Trinajstić information content (AvgIpc) is 2.98. The zero-order valence-corrected chi connectivity index (χ0v) is 18.9. The molecular weight excluding hydrogens is 454 g/mol. The Balaban J connectivity index is 1.63. The van der Waals surface area contributed by atoms with Crippen molar-refractivity contribution in [3.8, 4) is 11.5 Å². The first-order valence-corrected chi connectivity index (χ1v) is 11.3. The monoisotopic (exact) mass is 477 g/mol. The summed E-state index contributed by atoms with van der Waals surface area (Å²) < 4.78 is 11.8. The van der Waals surface area contributed by atoms with Crippen LogP contribution in [0.1, 0.15) is 24.5 Å². The predicted octanol–water partition coefficient (Wildman–Crippen LogP) is 5.10. The summed E-state index contributed by atoms with van der Waals surface area (Å²) in [5, 5.41) is -0.571. The Morgan fingerprint density at radius 2 is 1.90 bits per heavy atom. The van der Waals surface area contributed by atoms with Crippen LogP contribution in [0.15, 0.2) is 46.9 Å². The zero-order chi connectivity index (χ0) is 20.8. The largest absolute Gasteiger partial charge is 0.493 e. The van der Waals surface area contributed by atoms with E-state index in [1.54, 1.807) is 7.11 Å². The fourth-order valence-corrected chi connectivity index (χ4v) is 4.97. The van der Waals surface area contributed by atoms with Crippen molar-refractivity contribution < 1.29 is 19.1 Å². The van der Waals surface area contributed by atoms with Crippen molar-refractivity contribution in [3.63, 3.8) is 0 Å². The molecule has 1 aliphatic rings. The van der Waals surface area contributed by atoms with Crippen molar-refractivity contribution in [2.24, 2.45) is 0 Å². The number of nitrogens with zero attached hydrogens (tertiary/aromatic N) is 1. The van der Waals surface area contributed by atoms with Gasteiger partial charge in [0.25, 0.3) is 5.24 Å². The van der Waals surface area contributed by atoms with Gasteiger partial charge in [0.05, 0.1) is 23.4 Å². The van der Waals surface area contributed by atoms with E-state index in [0.29, 0.717) is 31.1 Å². The van der Waals surface area contributed by atoms with Crippen LogP contribution in [-0.4, -0.2) is 41.6 Å². The molecule has 0 saturated carbocycles. The average molecular weight is 478 g/mol. The Labute approximate surface area is 183 Å². The number of ether oxygens (including phenoxy) is 2. The van der Waals surface area contributed by atoms with Gasteiger partial charge < -0.3 is 9.47 Å². The van der Waals surface area contributed by atoms with E-state index in [-0.39, 0.29) is 11.1 Å². The van der Waals surface area contributed by atoms with Gasteiger partial charge in [-0.25, -0.2) is 0 Å². The summed E-state index contributed by atoms with van der Waals surface area (Å²) in [5.41, 5.74) is 2.13. The molecule has 2 aromatic rings. The number of benzene rings is 2. The van der Waals surface area contributed by atoms with E-state index in [0.717, 1.165) is 34.6 Å². The fraction of sp³-hybridized carbons (Fsp3) is 0.364. The first-order valence-electron chi connectivity index (χ1n) is 9.58. The molecule has 29 heavy (non-hydrogen) atoms. The Morgan fingerprint density at radius 3 is 2.59 bits per heavy atom. The minimum absolute atomic E-state index is 0.114. The van der Waals surface area contributed by atoms with Crippen molar-refractivity contribution in [3.05, 3.63) is 58.1 Å². The highest BCUT2D eigenvalue weighted by Crippen LogP contribution is 2.38. The highest BCUT2D eigenvalue weighted by atomic mass is 79.9. The molecule has 2 aromatic carbocycles. The molecule has 0 unspecified atom stereocenters. The standard InChI is InChI=1S/C22H24BrNO4S/c1-3-28-20-17(23)12-16(13-18(20)27-2)14-19-21(25)24(22(26)29-19)11-7-10-15-8-5-4-6-9-15/h4-6,8-9,12-13,19H,3,7,10-11,14H2,1-2H3/t19-/m1/s1. The second-order valence-electron chi connectivity index (χ2n) is 6.70. The molecule has 0 N–H and O–H groups in total. The second kappa shape index (κ2) is 10.2. The van der Waals surface area contributed by atoms with E-state index in [9.17, 15) is 9.59 Å². The summed E-state index contributed by atoms with van der Waals surface area (Å²) >= 11 is 4.62. The summed E-state index contributed by atoms with van der Waals surface area (Å²) in [6.45, 7) is 2.88. The SMILES string of the molecule is CCOc1c(Br)cc(C[C@H]2SC(=O)N(CCCc3ccccc3)C2=O)cc1OC. The fourth-order valence-electron chi connectivity index (χ4n) is 3.31. The lowest BCUT2D eigenvalue weighted by Gasteiger charge is -2.15. The van der Waals surface area contributed by atoms with Gasteiger partial charge in [0.2, 0.25) is 5.91 Å². The highest BCUT2D eigenvalue weighted by Gasteiger charge is 2.39. The van der Waals surface area contributed by atoms with E-state index in [1.165, 1.54) is 10.5 Å². The van der Waals surface area contributed by atoms with E-state index in [1.807, 2.05) is 37.3 Å². The van der Waals surface area contributed by atoms with Crippen molar-refractivity contribution in [1.29, 1.82) is 0 Å². The summed E-state index contributed by atoms with van der Waals surface area (Å²) in [4.78, 5) is 26.5. The molecule has 7 heteroatoms. The third-order valence-electron chi connectivity index (χ3n) is 4.69. The number of rotatable bonds is 9. The van der Waals surface area contributed by atoms with Crippen molar-refractivity contribution in [2.75, 3.05) is 20.3 Å². The Hall–Kier alpha value is -1.99. The Bertz CT molecular complexity index is 875. The number of imide groups is 1. The minimum Gasteiger partial charge on any atom is -0.493 e. The van der Waals surface area contributed by atoms with E-state index < -0.39 is 5.25 Å². The molecule has 3 rings (SSSR count). The van der Waals surface area contributed by atoms with E-state index >= 15 is 0 Å². The molecule has 5 nitrogen and oxygen atoms in total. The molecule has 1 fully saturated rings. The topological polar surface area (TPSA) is 55.8 Å². The number of amides is 2. The van der Waals surface area contributed by atoms with Gasteiger partial charge in [-0.2, -0.15) is 0 Å². The normalized spacial score (nSPS) is 16.4. The van der Waals surface area contributed by atoms with Crippen LogP contribution in [0.3, 0.4) is 0 Å². The van der Waals surface area contributed by atoms with Gasteiger partial charge in [-0.15, -0.1) is 0 Å². The second-order valence-corrected chi connectivity index (χ2v) is 8.71. The van der Waals surface area contributed by atoms with Crippen LogP contribution in [0.25, 0.3) is 0 Å². The van der Waals surface area contributed by atoms with Gasteiger partial charge >= 0.3 is 0 Å². The quantitative estimate of drug-likeness (QED) is 0.502. The lowest BCUT2D eigenvalue weighted by molar-refractivity contribution is -0.126. The Morgan fingerprint density at radius 1 is 1.14 bits per heavy atom. The first-order chi connectivity index (χ1) is 14.0. The van der Waals surface area contributed by atoms with Crippen LogP contribution >= 0.6 is 27.7 Å². The first kappa shape index (κ1) is 21.7. The summed E-state index contributed by atoms with van der Waals surface area (Å²) in [6, 6.07) is 13.9. The van der Waals surface area contributed by atoms with Gasteiger partial charge in [0.15, 0.2) is 11.5 Å². The summed E-state index contributed by atoms with van der Waals surface area (Å²) in [7, 11) is 1.58. The molecule has 0 bridgehead atoms. The molecule has 0 radical (unpaired) electrons. The predicted molar refractivity (Wildman–Crippen MR) is 119 cm³/mol. The lowest BCUT2D eigenvalue weighted by Crippen LogP contribution is -2.33. The maximum Gasteiger partial charge on any atom is 0.289 e. The van der Waals surface area contributed by atoms with E-state index in [2.05, 4.69) is 28.1 Å². The van der Waals surface area contributed by atoms with Crippen LogP contribution in [0.2, 0.25) is 0 Å². The third kappa shape index (κ3) is 5.34. The van der Waals surface area contributed by atoms with Crippen LogP contribution in [0.5, 0.6) is 11.5 Å². The molecule has 0 aromatic heterocycles. The van der Waals surface area contributed by atoms with Crippen LogP contribution in [-0.2, 0) is 17.6 Å². The van der Waals surface area contributed by atoms with Crippen LogP contribution < -0.4 is 9.47 Å². The number of thioether (sulfide) groups is 1. The Kier molecular flexibility index (Phi) is 7.61. The van der Waals surface area contributed by atoms with Gasteiger partial charge in [0.1, 0.15) is 0 Å². The highest BCUT2D eigenvalue weighted by molar-refractivity contribution is 9.10. The minimum atomic E-state index is -0.409. The number of hydrogen-bond acceptors (Lipinski definition) is 5. The molecule has 154 valence electrons. The number of aryl methyl sites for hydroxylation is 1. The van der Waals surface area contributed by atoms with Crippen molar-refractivity contribution in [2.45, 2.75) is 31.4 Å². The number of halogens is 1. The van der Waals surface area contributed by atoms with Crippen molar-refractivity contribution in [1.82, 2.24) is 4.90 Å². The molecule has 0 spiro atoms. The van der Waals surface area contributed by atoms with Gasteiger partial charge in [0, 0.05) is 6.54 Å². The molecule has 0 aliphatic carbocycles. The lowest BCUT2D eigenvalue weighted by atomic mass is 10.1.